The van der Waals surface area contributed by atoms with Crippen molar-refractivity contribution in [2.24, 2.45) is 4.99 Å². The SMILES string of the molecule is CC1CN=C(NC(=O)c2nc(Cl)c(N)nc2N)N1. The summed E-state index contributed by atoms with van der Waals surface area (Å²) >= 11 is 5.69. The number of guanidine groups is 1. The van der Waals surface area contributed by atoms with Gasteiger partial charge >= 0.3 is 0 Å². The minimum atomic E-state index is -0.540. The van der Waals surface area contributed by atoms with Crippen molar-refractivity contribution in [3.63, 3.8) is 0 Å². The number of hydrogen-bond donors (Lipinski definition) is 4. The molecule has 18 heavy (non-hydrogen) atoms. The molecule has 2 rings (SSSR count). The molecule has 1 aromatic heterocycles. The van der Waals surface area contributed by atoms with E-state index in [1.807, 2.05) is 6.92 Å². The highest BCUT2D eigenvalue weighted by Gasteiger charge is 2.20. The molecule has 1 unspecified atom stereocenters. The molecule has 0 spiro atoms. The third-order valence-electron chi connectivity index (χ3n) is 2.26. The maximum Gasteiger partial charge on any atom is 0.280 e. The smallest absolute Gasteiger partial charge is 0.280 e. The van der Waals surface area contributed by atoms with Crippen molar-refractivity contribution in [3.8, 4) is 0 Å². The molecule has 0 aliphatic carbocycles. The van der Waals surface area contributed by atoms with Gasteiger partial charge in [-0.2, -0.15) is 0 Å². The summed E-state index contributed by atoms with van der Waals surface area (Å²) in [6.07, 6.45) is 0. The molecule has 1 aromatic rings. The molecule has 1 amide bonds. The highest BCUT2D eigenvalue weighted by molar-refractivity contribution is 6.31. The molecule has 0 fully saturated rings. The fourth-order valence-corrected chi connectivity index (χ4v) is 1.53. The second-order valence-electron chi connectivity index (χ2n) is 3.82. The number of halogens is 1. The van der Waals surface area contributed by atoms with Crippen LogP contribution in [0.25, 0.3) is 0 Å². The lowest BCUT2D eigenvalue weighted by Crippen LogP contribution is -2.41. The van der Waals surface area contributed by atoms with Gasteiger partial charge in [-0.1, -0.05) is 11.6 Å². The van der Waals surface area contributed by atoms with Crippen LogP contribution in [0.5, 0.6) is 0 Å². The monoisotopic (exact) mass is 269 g/mol. The zero-order valence-electron chi connectivity index (χ0n) is 9.57. The Morgan fingerprint density at radius 1 is 1.44 bits per heavy atom. The first-order valence-corrected chi connectivity index (χ1v) is 5.56. The van der Waals surface area contributed by atoms with Crippen LogP contribution < -0.4 is 22.1 Å². The van der Waals surface area contributed by atoms with E-state index in [1.165, 1.54) is 0 Å². The minimum absolute atomic E-state index is 0.0179. The largest absolute Gasteiger partial charge is 0.382 e. The Bertz CT molecular complexity index is 530. The Hall–Kier alpha value is -2.09. The van der Waals surface area contributed by atoms with E-state index in [1.54, 1.807) is 0 Å². The number of rotatable bonds is 1. The number of nitrogen functional groups attached to an aromatic ring is 2. The lowest BCUT2D eigenvalue weighted by atomic mass is 10.3. The normalized spacial score (nSPS) is 18.1. The van der Waals surface area contributed by atoms with Gasteiger partial charge in [0.15, 0.2) is 28.4 Å². The Kier molecular flexibility index (Phi) is 3.19. The molecule has 8 nitrogen and oxygen atoms in total. The number of anilines is 2. The van der Waals surface area contributed by atoms with E-state index in [0.717, 1.165) is 0 Å². The van der Waals surface area contributed by atoms with Gasteiger partial charge in [0, 0.05) is 6.04 Å². The lowest BCUT2D eigenvalue weighted by Gasteiger charge is -2.09. The molecule has 0 aromatic carbocycles. The summed E-state index contributed by atoms with van der Waals surface area (Å²) in [4.78, 5) is 23.5. The van der Waals surface area contributed by atoms with E-state index < -0.39 is 5.91 Å². The van der Waals surface area contributed by atoms with E-state index in [4.69, 9.17) is 23.1 Å². The van der Waals surface area contributed by atoms with Crippen molar-refractivity contribution in [1.82, 2.24) is 20.6 Å². The summed E-state index contributed by atoms with van der Waals surface area (Å²) in [5.41, 5.74) is 10.9. The number of nitrogens with zero attached hydrogens (tertiary/aromatic N) is 3. The van der Waals surface area contributed by atoms with Gasteiger partial charge in [-0.05, 0) is 6.92 Å². The van der Waals surface area contributed by atoms with Gasteiger partial charge in [0.2, 0.25) is 0 Å². The molecule has 1 aliphatic rings. The van der Waals surface area contributed by atoms with Crippen molar-refractivity contribution < 1.29 is 4.79 Å². The van der Waals surface area contributed by atoms with Crippen molar-refractivity contribution in [3.05, 3.63) is 10.8 Å². The average Bonchev–Trinajstić information content (AvgIpc) is 2.69. The Morgan fingerprint density at radius 3 is 2.78 bits per heavy atom. The molecule has 0 bridgehead atoms. The van der Waals surface area contributed by atoms with E-state index in [-0.39, 0.29) is 28.5 Å². The fourth-order valence-electron chi connectivity index (χ4n) is 1.40. The minimum Gasteiger partial charge on any atom is -0.382 e. The van der Waals surface area contributed by atoms with Crippen molar-refractivity contribution in [1.29, 1.82) is 0 Å². The molecule has 9 heteroatoms. The van der Waals surface area contributed by atoms with Crippen LogP contribution in [0.2, 0.25) is 5.15 Å². The number of amides is 1. The van der Waals surface area contributed by atoms with Gasteiger partial charge in [-0.15, -0.1) is 0 Å². The number of nitrogens with one attached hydrogen (secondary N) is 2. The summed E-state index contributed by atoms with van der Waals surface area (Å²) in [5.74, 6) is -0.263. The van der Waals surface area contributed by atoms with Crippen LogP contribution in [0.1, 0.15) is 17.4 Å². The van der Waals surface area contributed by atoms with Gasteiger partial charge in [-0.25, -0.2) is 9.97 Å². The van der Waals surface area contributed by atoms with Crippen molar-refractivity contribution in [2.75, 3.05) is 18.0 Å². The topological polar surface area (TPSA) is 131 Å². The van der Waals surface area contributed by atoms with Crippen molar-refractivity contribution in [2.45, 2.75) is 13.0 Å². The van der Waals surface area contributed by atoms with Gasteiger partial charge < -0.3 is 16.8 Å². The molecule has 2 heterocycles. The summed E-state index contributed by atoms with van der Waals surface area (Å²) in [6, 6.07) is 0.179. The highest BCUT2D eigenvalue weighted by atomic mass is 35.5. The third-order valence-corrected chi connectivity index (χ3v) is 2.54. The fraction of sp³-hybridized carbons (Fsp3) is 0.333. The molecule has 1 aliphatic heterocycles. The van der Waals surface area contributed by atoms with Gasteiger partial charge in [0.1, 0.15) is 0 Å². The van der Waals surface area contributed by atoms with E-state index in [2.05, 4.69) is 25.6 Å². The molecule has 0 saturated heterocycles. The van der Waals surface area contributed by atoms with Crippen LogP contribution in [0.15, 0.2) is 4.99 Å². The van der Waals surface area contributed by atoms with Crippen LogP contribution in [0.4, 0.5) is 11.6 Å². The summed E-state index contributed by atoms with van der Waals surface area (Å²) < 4.78 is 0. The number of hydrogen-bond acceptors (Lipinski definition) is 7. The first-order chi connectivity index (χ1) is 8.47. The molecule has 0 radical (unpaired) electrons. The standard InChI is InChI=1S/C9H12ClN7O/c1-3-2-13-9(14-3)17-8(18)4-6(11)16-7(12)5(10)15-4/h3H,2H2,1H3,(H4,11,12,16)(H2,13,14,17,18). The maximum absolute atomic E-state index is 11.9. The summed E-state index contributed by atoms with van der Waals surface area (Å²) in [7, 11) is 0. The van der Waals surface area contributed by atoms with E-state index in [9.17, 15) is 4.79 Å². The molecule has 96 valence electrons. The number of carbonyl (C=O) groups is 1. The van der Waals surface area contributed by atoms with Gasteiger partial charge in [0.05, 0.1) is 6.54 Å². The van der Waals surface area contributed by atoms with Gasteiger partial charge in [0.25, 0.3) is 5.91 Å². The van der Waals surface area contributed by atoms with Gasteiger partial charge in [-0.3, -0.25) is 15.1 Å². The second kappa shape index (κ2) is 4.65. The summed E-state index contributed by atoms with van der Waals surface area (Å²) in [5, 5.41) is 5.44. The predicted molar refractivity (Wildman–Crippen MR) is 68.2 cm³/mol. The number of aliphatic imine (C=N–C) groups is 1. The van der Waals surface area contributed by atoms with Crippen LogP contribution in [0.3, 0.4) is 0 Å². The van der Waals surface area contributed by atoms with E-state index >= 15 is 0 Å². The number of carbonyl (C=O) groups excluding carboxylic acids is 1. The lowest BCUT2D eigenvalue weighted by molar-refractivity contribution is 0.0972. The first-order valence-electron chi connectivity index (χ1n) is 5.18. The average molecular weight is 270 g/mol. The number of nitrogens with two attached hydrogens (primary N) is 2. The van der Waals surface area contributed by atoms with Crippen LogP contribution >= 0.6 is 11.6 Å². The van der Waals surface area contributed by atoms with Crippen LogP contribution in [-0.2, 0) is 0 Å². The Labute approximate surface area is 108 Å². The van der Waals surface area contributed by atoms with Crippen LogP contribution in [0, 0.1) is 0 Å². The molecule has 0 saturated carbocycles. The second-order valence-corrected chi connectivity index (χ2v) is 4.18. The zero-order valence-corrected chi connectivity index (χ0v) is 10.3. The Morgan fingerprint density at radius 2 is 2.17 bits per heavy atom. The predicted octanol–water partition coefficient (Wildman–Crippen LogP) is -0.628. The molecule has 1 atom stereocenters. The highest BCUT2D eigenvalue weighted by Crippen LogP contribution is 2.17. The first kappa shape index (κ1) is 12.4. The maximum atomic E-state index is 11.9. The van der Waals surface area contributed by atoms with E-state index in [0.29, 0.717) is 12.5 Å². The van der Waals surface area contributed by atoms with Crippen molar-refractivity contribution >= 4 is 35.1 Å². The number of aromatic nitrogens is 2. The molecular formula is C9H12ClN7O. The Balaban J connectivity index is 2.17. The molecule has 6 N–H and O–H groups in total. The quantitative estimate of drug-likeness (QED) is 0.537. The third kappa shape index (κ3) is 2.43. The van der Waals surface area contributed by atoms with Crippen LogP contribution in [-0.4, -0.2) is 34.4 Å². The molecular weight excluding hydrogens is 258 g/mol. The zero-order chi connectivity index (χ0) is 13.3. The summed E-state index contributed by atoms with van der Waals surface area (Å²) in [6.45, 7) is 2.54.